The van der Waals surface area contributed by atoms with Gasteiger partial charge in [0.1, 0.15) is 5.69 Å². The number of carbonyl (C=O) groups excluding carboxylic acids is 1. The lowest BCUT2D eigenvalue weighted by Gasteiger charge is -2.26. The Kier molecular flexibility index (Phi) is 6.50. The average molecular weight is 463 g/mol. The van der Waals surface area contributed by atoms with Crippen LogP contribution in [0, 0.1) is 0 Å². The Bertz CT molecular complexity index is 1190. The maximum Gasteiger partial charge on any atom is 0.415 e. The van der Waals surface area contributed by atoms with Crippen molar-refractivity contribution in [1.29, 1.82) is 0 Å². The van der Waals surface area contributed by atoms with Crippen molar-refractivity contribution in [3.63, 3.8) is 0 Å². The lowest BCUT2D eigenvalue weighted by Crippen LogP contribution is -2.41. The SMILES string of the molecule is O=C(NCCN1CCOCC1)Oc1nc(-c2ccc3c(c2)CCC3=NO)c(-c2ccncc2)[nH]1. The number of amides is 1. The summed E-state index contributed by atoms with van der Waals surface area (Å²) in [4.78, 5) is 26.4. The van der Waals surface area contributed by atoms with E-state index in [4.69, 9.17) is 9.47 Å². The molecule has 0 bridgehead atoms. The van der Waals surface area contributed by atoms with Crippen molar-refractivity contribution in [2.75, 3.05) is 39.4 Å². The number of aromatic amines is 1. The molecule has 1 amide bonds. The minimum Gasteiger partial charge on any atom is -0.411 e. The van der Waals surface area contributed by atoms with Crippen molar-refractivity contribution in [3.05, 3.63) is 53.9 Å². The predicted octanol–water partition coefficient (Wildman–Crippen LogP) is 2.68. The molecule has 1 aromatic carbocycles. The molecule has 3 heterocycles. The molecule has 34 heavy (non-hydrogen) atoms. The molecule has 2 aromatic heterocycles. The summed E-state index contributed by atoms with van der Waals surface area (Å²) < 4.78 is 10.8. The molecule has 1 aliphatic heterocycles. The Hall–Kier alpha value is -3.76. The number of rotatable bonds is 6. The van der Waals surface area contributed by atoms with Gasteiger partial charge >= 0.3 is 12.1 Å². The summed E-state index contributed by atoms with van der Waals surface area (Å²) in [5, 5.41) is 15.4. The lowest BCUT2D eigenvalue weighted by atomic mass is 10.0. The number of pyridine rings is 1. The highest BCUT2D eigenvalue weighted by molar-refractivity contribution is 6.04. The fourth-order valence-corrected chi connectivity index (χ4v) is 4.32. The molecule has 5 rings (SSSR count). The number of carbonyl (C=O) groups is 1. The van der Waals surface area contributed by atoms with E-state index < -0.39 is 6.09 Å². The van der Waals surface area contributed by atoms with Crippen molar-refractivity contribution < 1.29 is 19.5 Å². The molecule has 10 nitrogen and oxygen atoms in total. The van der Waals surface area contributed by atoms with Gasteiger partial charge in [0, 0.05) is 55.3 Å². The fraction of sp³-hybridized carbons (Fsp3) is 0.333. The summed E-state index contributed by atoms with van der Waals surface area (Å²) >= 11 is 0. The monoisotopic (exact) mass is 462 g/mol. The fourth-order valence-electron chi connectivity index (χ4n) is 4.32. The number of aromatic nitrogens is 3. The first-order valence-electron chi connectivity index (χ1n) is 11.3. The van der Waals surface area contributed by atoms with Crippen molar-refractivity contribution in [2.24, 2.45) is 5.16 Å². The molecule has 2 aliphatic rings. The molecule has 176 valence electrons. The van der Waals surface area contributed by atoms with Gasteiger partial charge < -0.3 is 25.0 Å². The predicted molar refractivity (Wildman–Crippen MR) is 125 cm³/mol. The minimum absolute atomic E-state index is 0.115. The van der Waals surface area contributed by atoms with Crippen LogP contribution in [0.3, 0.4) is 0 Å². The van der Waals surface area contributed by atoms with Gasteiger partial charge in [-0.2, -0.15) is 4.98 Å². The highest BCUT2D eigenvalue weighted by atomic mass is 16.6. The number of nitrogens with one attached hydrogen (secondary N) is 2. The normalized spacial score (nSPS) is 17.0. The van der Waals surface area contributed by atoms with E-state index in [9.17, 15) is 10.0 Å². The zero-order chi connectivity index (χ0) is 23.3. The van der Waals surface area contributed by atoms with E-state index in [1.165, 1.54) is 0 Å². The summed E-state index contributed by atoms with van der Waals surface area (Å²) in [7, 11) is 0. The molecule has 1 fully saturated rings. The Morgan fingerprint density at radius 3 is 2.79 bits per heavy atom. The third-order valence-corrected chi connectivity index (χ3v) is 6.08. The first-order chi connectivity index (χ1) is 16.7. The lowest BCUT2D eigenvalue weighted by molar-refractivity contribution is 0.0385. The van der Waals surface area contributed by atoms with Gasteiger partial charge in [-0.25, -0.2) is 4.79 Å². The molecule has 1 aliphatic carbocycles. The molecule has 1 saturated heterocycles. The Labute approximate surface area is 196 Å². The highest BCUT2D eigenvalue weighted by Crippen LogP contribution is 2.34. The second kappa shape index (κ2) is 10.0. The van der Waals surface area contributed by atoms with Gasteiger partial charge in [-0.15, -0.1) is 0 Å². The van der Waals surface area contributed by atoms with Crippen molar-refractivity contribution in [3.8, 4) is 28.5 Å². The van der Waals surface area contributed by atoms with Crippen LogP contribution >= 0.6 is 0 Å². The third-order valence-electron chi connectivity index (χ3n) is 6.08. The second-order valence-corrected chi connectivity index (χ2v) is 8.19. The Morgan fingerprint density at radius 1 is 1.18 bits per heavy atom. The van der Waals surface area contributed by atoms with E-state index in [-0.39, 0.29) is 6.01 Å². The number of hydrogen-bond donors (Lipinski definition) is 3. The van der Waals surface area contributed by atoms with Crippen LogP contribution in [0.25, 0.3) is 22.5 Å². The standard InChI is InChI=1S/C24H26N6O4/c31-24(26-9-10-30-11-13-33-14-12-30)34-23-27-21(16-5-7-25-8-6-16)22(28-23)18-1-3-19-17(15-18)2-4-20(19)29-32/h1,3,5-8,15,32H,2,4,9-14H2,(H,26,31)(H,27,28). The van der Waals surface area contributed by atoms with E-state index in [1.54, 1.807) is 12.4 Å². The minimum atomic E-state index is -0.562. The summed E-state index contributed by atoms with van der Waals surface area (Å²) in [5.74, 6) is 0. The molecule has 0 radical (unpaired) electrons. The number of ether oxygens (including phenoxy) is 2. The number of nitrogens with zero attached hydrogens (tertiary/aromatic N) is 4. The van der Waals surface area contributed by atoms with Crippen LogP contribution in [0.4, 0.5) is 4.79 Å². The number of fused-ring (bicyclic) bond motifs is 1. The smallest absolute Gasteiger partial charge is 0.411 e. The molecule has 0 atom stereocenters. The molecular formula is C24H26N6O4. The van der Waals surface area contributed by atoms with Crippen LogP contribution in [-0.2, 0) is 11.2 Å². The topological polar surface area (TPSA) is 125 Å². The zero-order valence-corrected chi connectivity index (χ0v) is 18.7. The first-order valence-corrected chi connectivity index (χ1v) is 11.3. The maximum absolute atomic E-state index is 12.4. The van der Waals surface area contributed by atoms with Gasteiger partial charge in [-0.3, -0.25) is 9.88 Å². The Morgan fingerprint density at radius 2 is 2.00 bits per heavy atom. The summed E-state index contributed by atoms with van der Waals surface area (Å²) in [5.41, 5.74) is 5.88. The first kappa shape index (κ1) is 22.1. The van der Waals surface area contributed by atoms with Gasteiger partial charge in [-0.05, 0) is 36.6 Å². The molecule has 3 aromatic rings. The molecule has 10 heteroatoms. The van der Waals surface area contributed by atoms with Crippen molar-refractivity contribution in [1.82, 2.24) is 25.2 Å². The molecular weight excluding hydrogens is 436 g/mol. The molecule has 0 saturated carbocycles. The molecule has 3 N–H and O–H groups in total. The van der Waals surface area contributed by atoms with Crippen molar-refractivity contribution in [2.45, 2.75) is 12.8 Å². The van der Waals surface area contributed by atoms with Crippen LogP contribution < -0.4 is 10.1 Å². The average Bonchev–Trinajstić information content (AvgIpc) is 3.49. The van der Waals surface area contributed by atoms with Crippen LogP contribution in [-0.4, -0.2) is 76.3 Å². The number of H-pyrrole nitrogens is 1. The van der Waals surface area contributed by atoms with Crippen LogP contribution in [0.5, 0.6) is 6.01 Å². The van der Waals surface area contributed by atoms with E-state index in [1.807, 2.05) is 30.3 Å². The number of morpholine rings is 1. The van der Waals surface area contributed by atoms with E-state index in [0.29, 0.717) is 37.6 Å². The number of imidazole rings is 1. The molecule has 0 unspecified atom stereocenters. The number of oxime groups is 1. The summed E-state index contributed by atoms with van der Waals surface area (Å²) in [6.45, 7) is 4.37. The number of aryl methyl sites for hydroxylation is 1. The van der Waals surface area contributed by atoms with Crippen molar-refractivity contribution >= 4 is 11.8 Å². The van der Waals surface area contributed by atoms with E-state index >= 15 is 0 Å². The van der Waals surface area contributed by atoms with Gasteiger partial charge in [0.25, 0.3) is 0 Å². The highest BCUT2D eigenvalue weighted by Gasteiger charge is 2.22. The number of benzene rings is 1. The van der Waals surface area contributed by atoms with Crippen LogP contribution in [0.2, 0.25) is 0 Å². The maximum atomic E-state index is 12.4. The summed E-state index contributed by atoms with van der Waals surface area (Å²) in [6.07, 6.45) is 4.34. The molecule has 0 spiro atoms. The summed E-state index contributed by atoms with van der Waals surface area (Å²) in [6, 6.07) is 9.77. The third kappa shape index (κ3) is 4.78. The van der Waals surface area contributed by atoms with Gasteiger partial charge in [0.2, 0.25) is 0 Å². The number of hydrogen-bond acceptors (Lipinski definition) is 8. The van der Waals surface area contributed by atoms with Gasteiger partial charge in [0.15, 0.2) is 0 Å². The zero-order valence-electron chi connectivity index (χ0n) is 18.7. The van der Waals surface area contributed by atoms with E-state index in [2.05, 4.69) is 30.3 Å². The van der Waals surface area contributed by atoms with Crippen LogP contribution in [0.1, 0.15) is 17.5 Å². The quantitative estimate of drug-likeness (QED) is 0.380. The largest absolute Gasteiger partial charge is 0.415 e. The van der Waals surface area contributed by atoms with Gasteiger partial charge in [0.05, 0.1) is 24.6 Å². The van der Waals surface area contributed by atoms with Crippen LogP contribution in [0.15, 0.2) is 47.9 Å². The second-order valence-electron chi connectivity index (χ2n) is 8.19. The van der Waals surface area contributed by atoms with Gasteiger partial charge in [-0.1, -0.05) is 17.3 Å². The Balaban J connectivity index is 1.35. The van der Waals surface area contributed by atoms with E-state index in [0.717, 1.165) is 54.0 Å².